The number of ether oxygens (including phenoxy) is 2. The van der Waals surface area contributed by atoms with E-state index in [-0.39, 0.29) is 0 Å². The van der Waals surface area contributed by atoms with Crippen molar-refractivity contribution in [3.8, 4) is 0 Å². The summed E-state index contributed by atoms with van der Waals surface area (Å²) in [6.07, 6.45) is 4.18. The van der Waals surface area contributed by atoms with Crippen molar-refractivity contribution in [2.75, 3.05) is 7.11 Å². The summed E-state index contributed by atoms with van der Waals surface area (Å²) in [5.41, 5.74) is -0.629. The molecule has 2 N–H and O–H groups in total. The van der Waals surface area contributed by atoms with Gasteiger partial charge in [-0.2, -0.15) is 0 Å². The van der Waals surface area contributed by atoms with Crippen LogP contribution in [0.2, 0.25) is 0 Å². The molecule has 0 aromatic heterocycles. The molecule has 0 aromatic rings. The fraction of sp³-hybridized carbons (Fsp3) is 0.875. The molecule has 6 heteroatoms. The average Bonchev–Trinajstić information content (AvgIpc) is 2.44. The molecule has 0 spiro atoms. The van der Waals surface area contributed by atoms with Gasteiger partial charge in [0.05, 0.1) is 13.2 Å². The summed E-state index contributed by atoms with van der Waals surface area (Å²) in [5, 5.41) is 12.7. The zero-order valence-corrected chi connectivity index (χ0v) is 14.1. The largest absolute Gasteiger partial charge is 0.467 e. The molecule has 0 unspecified atom stereocenters. The fourth-order valence-corrected chi connectivity index (χ4v) is 2.79. The number of hydrogen-bond acceptors (Lipinski definition) is 5. The molecule has 0 heterocycles. The van der Waals surface area contributed by atoms with Crippen molar-refractivity contribution in [2.24, 2.45) is 5.92 Å². The molecule has 128 valence electrons. The molecule has 6 nitrogen and oxygen atoms in total. The first-order valence-corrected chi connectivity index (χ1v) is 7.98. The fourth-order valence-electron chi connectivity index (χ4n) is 2.79. The van der Waals surface area contributed by atoms with E-state index in [1.54, 1.807) is 20.8 Å². The summed E-state index contributed by atoms with van der Waals surface area (Å²) >= 11 is 0. The third-order valence-electron chi connectivity index (χ3n) is 3.84. The minimum absolute atomic E-state index is 0.396. The SMILES string of the molecule is COC(=O)[C@@H](O)[C@H](CC1CCCCC1)NC(=O)OC(C)(C)C. The Kier molecular flexibility index (Phi) is 7.13. The van der Waals surface area contributed by atoms with Gasteiger partial charge in [-0.3, -0.25) is 0 Å². The Balaban J connectivity index is 2.68. The Bertz CT molecular complexity index is 371. The molecule has 0 radical (unpaired) electrons. The third kappa shape index (κ3) is 6.64. The van der Waals surface area contributed by atoms with E-state index in [2.05, 4.69) is 10.1 Å². The maximum Gasteiger partial charge on any atom is 0.407 e. The van der Waals surface area contributed by atoms with Crippen LogP contribution < -0.4 is 5.32 Å². The lowest BCUT2D eigenvalue weighted by Crippen LogP contribution is -2.49. The maximum absolute atomic E-state index is 11.9. The van der Waals surface area contributed by atoms with Crippen molar-refractivity contribution in [3.63, 3.8) is 0 Å². The zero-order valence-electron chi connectivity index (χ0n) is 14.1. The van der Waals surface area contributed by atoms with Gasteiger partial charge >= 0.3 is 12.1 Å². The number of rotatable bonds is 5. The Morgan fingerprint density at radius 1 is 1.23 bits per heavy atom. The molecule has 1 fully saturated rings. The van der Waals surface area contributed by atoms with E-state index in [9.17, 15) is 14.7 Å². The van der Waals surface area contributed by atoms with Crippen LogP contribution in [0.4, 0.5) is 4.79 Å². The normalized spacial score (nSPS) is 19.1. The molecule has 1 aliphatic carbocycles. The van der Waals surface area contributed by atoms with Gasteiger partial charge in [0, 0.05) is 0 Å². The molecule has 22 heavy (non-hydrogen) atoms. The van der Waals surface area contributed by atoms with E-state index in [1.165, 1.54) is 13.5 Å². The molecule has 2 atom stereocenters. The number of hydrogen-bond donors (Lipinski definition) is 2. The summed E-state index contributed by atoms with van der Waals surface area (Å²) in [6.45, 7) is 5.29. The minimum atomic E-state index is -1.38. The van der Waals surface area contributed by atoms with Crippen LogP contribution in [0.3, 0.4) is 0 Å². The second-order valence-corrected chi connectivity index (χ2v) is 6.96. The Hall–Kier alpha value is -1.30. The van der Waals surface area contributed by atoms with Crippen molar-refractivity contribution in [3.05, 3.63) is 0 Å². The highest BCUT2D eigenvalue weighted by atomic mass is 16.6. The summed E-state index contributed by atoms with van der Waals surface area (Å²) in [7, 11) is 1.22. The van der Waals surface area contributed by atoms with E-state index >= 15 is 0 Å². The van der Waals surface area contributed by atoms with E-state index in [1.807, 2.05) is 0 Å². The van der Waals surface area contributed by atoms with E-state index in [0.29, 0.717) is 12.3 Å². The van der Waals surface area contributed by atoms with Crippen molar-refractivity contribution < 1.29 is 24.2 Å². The van der Waals surface area contributed by atoms with E-state index < -0.39 is 29.8 Å². The second-order valence-electron chi connectivity index (χ2n) is 6.96. The number of carbonyl (C=O) groups is 2. The molecule has 1 saturated carbocycles. The lowest BCUT2D eigenvalue weighted by Gasteiger charge is -2.30. The number of methoxy groups -OCH3 is 1. The smallest absolute Gasteiger partial charge is 0.407 e. The van der Waals surface area contributed by atoms with Crippen LogP contribution in [-0.2, 0) is 14.3 Å². The van der Waals surface area contributed by atoms with Crippen LogP contribution in [0, 0.1) is 5.92 Å². The highest BCUT2D eigenvalue weighted by Crippen LogP contribution is 2.28. The number of aliphatic hydroxyl groups excluding tert-OH is 1. The predicted molar refractivity (Wildman–Crippen MR) is 82.4 cm³/mol. The summed E-state index contributed by atoms with van der Waals surface area (Å²) in [6, 6.07) is -0.689. The zero-order chi connectivity index (χ0) is 16.8. The second kappa shape index (κ2) is 8.36. The molecule has 0 bridgehead atoms. The third-order valence-corrected chi connectivity index (χ3v) is 3.84. The van der Waals surface area contributed by atoms with Crippen LogP contribution in [-0.4, -0.2) is 42.0 Å². The lowest BCUT2D eigenvalue weighted by molar-refractivity contribution is -0.152. The van der Waals surface area contributed by atoms with Gasteiger partial charge in [-0.15, -0.1) is 0 Å². The van der Waals surface area contributed by atoms with Gasteiger partial charge in [-0.25, -0.2) is 9.59 Å². The van der Waals surface area contributed by atoms with Gasteiger partial charge in [0.15, 0.2) is 6.10 Å². The molecule has 1 amide bonds. The summed E-state index contributed by atoms with van der Waals surface area (Å²) in [4.78, 5) is 23.5. The molecule has 0 aromatic carbocycles. The topological polar surface area (TPSA) is 84.9 Å². The van der Waals surface area contributed by atoms with Crippen LogP contribution in [0.15, 0.2) is 0 Å². The van der Waals surface area contributed by atoms with Crippen molar-refractivity contribution in [1.82, 2.24) is 5.32 Å². The van der Waals surface area contributed by atoms with Crippen LogP contribution in [0.1, 0.15) is 59.3 Å². The van der Waals surface area contributed by atoms with E-state index in [0.717, 1.165) is 25.7 Å². The lowest BCUT2D eigenvalue weighted by atomic mass is 9.83. The predicted octanol–water partition coefficient (Wildman–Crippen LogP) is 2.38. The van der Waals surface area contributed by atoms with Gasteiger partial charge in [-0.1, -0.05) is 32.1 Å². The first kappa shape index (κ1) is 18.7. The highest BCUT2D eigenvalue weighted by Gasteiger charge is 2.32. The van der Waals surface area contributed by atoms with Crippen LogP contribution in [0.5, 0.6) is 0 Å². The summed E-state index contributed by atoms with van der Waals surface area (Å²) < 4.78 is 9.79. The summed E-state index contributed by atoms with van der Waals surface area (Å²) in [5.74, 6) is -0.343. The molecule has 1 aliphatic rings. The number of aliphatic hydroxyl groups is 1. The standard InChI is InChI=1S/C16H29NO5/c1-16(2,3)22-15(20)17-12(13(18)14(19)21-4)10-11-8-6-5-7-9-11/h11-13,18H,5-10H2,1-4H3,(H,17,20)/t12-,13-/m0/s1. The van der Waals surface area contributed by atoms with Gasteiger partial charge in [0.2, 0.25) is 0 Å². The Labute approximate surface area is 132 Å². The molecule has 0 saturated heterocycles. The maximum atomic E-state index is 11.9. The number of amides is 1. The number of esters is 1. The van der Waals surface area contributed by atoms with Crippen molar-refractivity contribution in [2.45, 2.75) is 77.0 Å². The molecular weight excluding hydrogens is 286 g/mol. The van der Waals surface area contributed by atoms with Gasteiger partial charge < -0.3 is 19.9 Å². The minimum Gasteiger partial charge on any atom is -0.467 e. The number of alkyl carbamates (subject to hydrolysis) is 1. The monoisotopic (exact) mass is 315 g/mol. The van der Waals surface area contributed by atoms with Gasteiger partial charge in [0.25, 0.3) is 0 Å². The Morgan fingerprint density at radius 2 is 1.82 bits per heavy atom. The first-order valence-electron chi connectivity index (χ1n) is 7.98. The van der Waals surface area contributed by atoms with Gasteiger partial charge in [-0.05, 0) is 33.1 Å². The molecule has 0 aliphatic heterocycles. The van der Waals surface area contributed by atoms with Crippen molar-refractivity contribution >= 4 is 12.1 Å². The number of nitrogens with one attached hydrogen (secondary N) is 1. The Morgan fingerprint density at radius 3 is 2.32 bits per heavy atom. The van der Waals surface area contributed by atoms with E-state index in [4.69, 9.17) is 4.74 Å². The van der Waals surface area contributed by atoms with Gasteiger partial charge in [0.1, 0.15) is 5.60 Å². The van der Waals surface area contributed by atoms with Crippen LogP contribution in [0.25, 0.3) is 0 Å². The average molecular weight is 315 g/mol. The molecule has 1 rings (SSSR count). The first-order chi connectivity index (χ1) is 10.2. The quantitative estimate of drug-likeness (QED) is 0.761. The number of carbonyl (C=O) groups excluding carboxylic acids is 2. The van der Waals surface area contributed by atoms with Crippen LogP contribution >= 0.6 is 0 Å². The highest BCUT2D eigenvalue weighted by molar-refractivity contribution is 5.76. The van der Waals surface area contributed by atoms with Crippen molar-refractivity contribution in [1.29, 1.82) is 0 Å². The molecular formula is C16H29NO5.